The van der Waals surface area contributed by atoms with Crippen molar-refractivity contribution in [2.24, 2.45) is 0 Å². The second-order valence-corrected chi connectivity index (χ2v) is 8.42. The van der Waals surface area contributed by atoms with Gasteiger partial charge < -0.3 is 9.55 Å². The van der Waals surface area contributed by atoms with Crippen LogP contribution in [0.5, 0.6) is 0 Å². The van der Waals surface area contributed by atoms with Gasteiger partial charge in [0.1, 0.15) is 5.52 Å². The van der Waals surface area contributed by atoms with E-state index >= 15 is 0 Å². The third-order valence-corrected chi connectivity index (χ3v) is 6.23. The van der Waals surface area contributed by atoms with Crippen molar-refractivity contribution in [2.75, 3.05) is 0 Å². The average Bonchev–Trinajstić information content (AvgIpc) is 3.38. The van der Waals surface area contributed by atoms with Gasteiger partial charge in [-0.1, -0.05) is 42.0 Å². The Morgan fingerprint density at radius 2 is 1.85 bits per heavy atom. The maximum atomic E-state index is 13.2. The van der Waals surface area contributed by atoms with Crippen LogP contribution in [0.25, 0.3) is 38.7 Å². The van der Waals surface area contributed by atoms with E-state index in [1.54, 1.807) is 9.08 Å². The Kier molecular flexibility index (Phi) is 4.36. The van der Waals surface area contributed by atoms with E-state index in [1.165, 1.54) is 16.5 Å². The molecule has 2 aromatic carbocycles. The van der Waals surface area contributed by atoms with Gasteiger partial charge in [-0.05, 0) is 49.6 Å². The maximum Gasteiger partial charge on any atom is 0.280 e. The number of hydrogen-bond acceptors (Lipinski definition) is 4. The molecule has 0 aliphatic heterocycles. The molecule has 0 saturated heterocycles. The van der Waals surface area contributed by atoms with E-state index in [4.69, 9.17) is 0 Å². The monoisotopic (exact) mass is 434 g/mol. The number of aromatic amines is 1. The highest BCUT2D eigenvalue weighted by atomic mass is 16.1. The van der Waals surface area contributed by atoms with Gasteiger partial charge in [-0.25, -0.2) is 4.52 Å². The van der Waals surface area contributed by atoms with Crippen LogP contribution in [0.4, 0.5) is 0 Å². The van der Waals surface area contributed by atoms with E-state index in [0.29, 0.717) is 23.2 Å². The Hall–Kier alpha value is -4.26. The summed E-state index contributed by atoms with van der Waals surface area (Å²) < 4.78 is 3.43. The van der Waals surface area contributed by atoms with Crippen LogP contribution in [0.2, 0.25) is 0 Å². The quantitative estimate of drug-likeness (QED) is 0.445. The Morgan fingerprint density at radius 1 is 1.00 bits per heavy atom. The maximum absolute atomic E-state index is 13.2. The lowest BCUT2D eigenvalue weighted by Crippen LogP contribution is -2.22. The summed E-state index contributed by atoms with van der Waals surface area (Å²) in [5, 5.41) is 14.6. The number of aryl methyl sites for hydroxylation is 4. The summed E-state index contributed by atoms with van der Waals surface area (Å²) in [6.45, 7) is 4.60. The first-order valence-corrected chi connectivity index (χ1v) is 11.0. The molecule has 0 saturated carbocycles. The number of nitrogens with one attached hydrogen (secondary N) is 1. The first-order chi connectivity index (χ1) is 16.1. The second kappa shape index (κ2) is 7.41. The summed E-state index contributed by atoms with van der Waals surface area (Å²) >= 11 is 0. The second-order valence-electron chi connectivity index (χ2n) is 8.42. The number of pyridine rings is 1. The minimum absolute atomic E-state index is 0.160. The molecule has 7 nitrogen and oxygen atoms in total. The van der Waals surface area contributed by atoms with Crippen LogP contribution in [0.1, 0.15) is 16.8 Å². The minimum atomic E-state index is -0.160. The molecule has 1 N–H and O–H groups in total. The molecule has 0 unspecified atom stereocenters. The lowest BCUT2D eigenvalue weighted by molar-refractivity contribution is 0.674. The smallest absolute Gasteiger partial charge is 0.280 e. The summed E-state index contributed by atoms with van der Waals surface area (Å²) in [5.41, 5.74) is 7.80. The normalized spacial score (nSPS) is 11.7. The van der Waals surface area contributed by atoms with Gasteiger partial charge in [-0.3, -0.25) is 4.79 Å². The molecule has 4 heterocycles. The molecule has 0 aliphatic rings. The molecule has 33 heavy (non-hydrogen) atoms. The molecule has 0 amide bonds. The number of aromatic nitrogens is 6. The van der Waals surface area contributed by atoms with Crippen LogP contribution in [-0.2, 0) is 13.0 Å². The van der Waals surface area contributed by atoms with Crippen molar-refractivity contribution in [3.63, 3.8) is 0 Å². The Bertz CT molecular complexity index is 1710. The van der Waals surface area contributed by atoms with Crippen LogP contribution < -0.4 is 5.56 Å². The highest BCUT2D eigenvalue weighted by Gasteiger charge is 2.17. The molecule has 0 bridgehead atoms. The third kappa shape index (κ3) is 3.12. The zero-order valence-electron chi connectivity index (χ0n) is 18.4. The summed E-state index contributed by atoms with van der Waals surface area (Å²) in [5.74, 6) is 0. The molecular weight excluding hydrogens is 412 g/mol. The van der Waals surface area contributed by atoms with Crippen molar-refractivity contribution < 1.29 is 0 Å². The molecule has 162 valence electrons. The predicted octanol–water partition coefficient (Wildman–Crippen LogP) is 4.45. The fourth-order valence-electron chi connectivity index (χ4n) is 4.55. The number of fused-ring (bicyclic) bond motifs is 4. The molecule has 0 aliphatic carbocycles. The number of hydrogen-bond donors (Lipinski definition) is 1. The van der Waals surface area contributed by atoms with Crippen molar-refractivity contribution in [2.45, 2.75) is 26.8 Å². The summed E-state index contributed by atoms with van der Waals surface area (Å²) in [6.07, 6.45) is 4.59. The van der Waals surface area contributed by atoms with E-state index in [9.17, 15) is 4.79 Å². The largest absolute Gasteiger partial charge is 0.361 e. The van der Waals surface area contributed by atoms with Gasteiger partial charge in [0.2, 0.25) is 0 Å². The lowest BCUT2D eigenvalue weighted by atomic mass is 10.1. The first-order valence-electron chi connectivity index (χ1n) is 11.0. The SMILES string of the molecule is Cc1ccc2[nH]cc(CCn3ccc4c(nnc5c(-c6ccccc6)c(C)nn54)c3=O)c2c1. The van der Waals surface area contributed by atoms with E-state index in [0.717, 1.165) is 28.8 Å². The van der Waals surface area contributed by atoms with Gasteiger partial charge in [0, 0.05) is 29.8 Å². The van der Waals surface area contributed by atoms with Crippen molar-refractivity contribution in [1.29, 1.82) is 0 Å². The topological polar surface area (TPSA) is 80.9 Å². The standard InChI is InChI=1S/C26H22N6O/c1-16-8-9-21-20(14-16)19(15-27-21)10-12-31-13-11-22-24(26(31)33)28-29-25-23(17(2)30-32(22)25)18-6-4-3-5-7-18/h3-9,11,13-15,27H,10,12H2,1-2H3. The van der Waals surface area contributed by atoms with Crippen molar-refractivity contribution >= 4 is 27.6 Å². The highest BCUT2D eigenvalue weighted by molar-refractivity contribution is 5.85. The molecular formula is C26H22N6O. The minimum Gasteiger partial charge on any atom is -0.361 e. The fourth-order valence-corrected chi connectivity index (χ4v) is 4.55. The van der Waals surface area contributed by atoms with E-state index in [-0.39, 0.29) is 5.56 Å². The van der Waals surface area contributed by atoms with Crippen LogP contribution in [-0.4, -0.2) is 29.4 Å². The number of rotatable bonds is 4. The van der Waals surface area contributed by atoms with Gasteiger partial charge in [0.15, 0.2) is 11.2 Å². The van der Waals surface area contributed by atoms with Gasteiger partial charge in [0.25, 0.3) is 5.56 Å². The summed E-state index contributed by atoms with van der Waals surface area (Å²) in [7, 11) is 0. The average molecular weight is 435 g/mol. The Balaban J connectivity index is 1.40. The fraction of sp³-hybridized carbons (Fsp3) is 0.154. The molecule has 4 aromatic heterocycles. The van der Waals surface area contributed by atoms with Crippen LogP contribution in [0.3, 0.4) is 0 Å². The van der Waals surface area contributed by atoms with Crippen molar-refractivity contribution in [1.82, 2.24) is 29.4 Å². The van der Waals surface area contributed by atoms with Gasteiger partial charge in [0.05, 0.1) is 11.3 Å². The molecule has 0 atom stereocenters. The van der Waals surface area contributed by atoms with E-state index < -0.39 is 0 Å². The zero-order chi connectivity index (χ0) is 22.5. The van der Waals surface area contributed by atoms with Crippen LogP contribution >= 0.6 is 0 Å². The molecule has 0 spiro atoms. The molecule has 6 rings (SSSR count). The third-order valence-electron chi connectivity index (χ3n) is 6.23. The number of benzene rings is 2. The lowest BCUT2D eigenvalue weighted by Gasteiger charge is -2.07. The van der Waals surface area contributed by atoms with Crippen molar-refractivity contribution in [3.05, 3.63) is 94.2 Å². The first kappa shape index (κ1) is 19.4. The van der Waals surface area contributed by atoms with Gasteiger partial charge >= 0.3 is 0 Å². The van der Waals surface area contributed by atoms with Crippen LogP contribution in [0, 0.1) is 13.8 Å². The predicted molar refractivity (Wildman–Crippen MR) is 129 cm³/mol. The number of H-pyrrole nitrogens is 1. The Morgan fingerprint density at radius 3 is 2.70 bits per heavy atom. The molecule has 0 fully saturated rings. The zero-order valence-corrected chi connectivity index (χ0v) is 18.4. The van der Waals surface area contributed by atoms with E-state index in [1.807, 2.05) is 55.7 Å². The molecule has 7 heteroatoms. The van der Waals surface area contributed by atoms with Gasteiger partial charge in [-0.2, -0.15) is 5.10 Å². The summed E-state index contributed by atoms with van der Waals surface area (Å²) in [4.78, 5) is 16.5. The van der Waals surface area contributed by atoms with Crippen molar-refractivity contribution in [3.8, 4) is 11.1 Å². The molecule has 6 aromatic rings. The van der Waals surface area contributed by atoms with E-state index in [2.05, 4.69) is 45.4 Å². The van der Waals surface area contributed by atoms with Gasteiger partial charge in [-0.15, -0.1) is 10.2 Å². The highest BCUT2D eigenvalue weighted by Crippen LogP contribution is 2.27. The van der Waals surface area contributed by atoms with Crippen LogP contribution in [0.15, 0.2) is 71.8 Å². The number of nitrogens with zero attached hydrogens (tertiary/aromatic N) is 5. The molecule has 0 radical (unpaired) electrons. The Labute approximate surface area is 189 Å². The summed E-state index contributed by atoms with van der Waals surface area (Å²) in [6, 6.07) is 18.3.